The quantitative estimate of drug-likeness (QED) is 0.909. The van der Waals surface area contributed by atoms with Gasteiger partial charge in [0, 0.05) is 9.75 Å². The number of hydrogen-bond donors (Lipinski definition) is 1. The monoisotopic (exact) mass is 316 g/mol. The molecule has 2 saturated carbocycles. The van der Waals surface area contributed by atoms with Gasteiger partial charge >= 0.3 is 6.18 Å². The van der Waals surface area contributed by atoms with Crippen molar-refractivity contribution in [2.24, 2.45) is 0 Å². The van der Waals surface area contributed by atoms with Crippen molar-refractivity contribution < 1.29 is 18.0 Å². The van der Waals surface area contributed by atoms with Gasteiger partial charge in [0.2, 0.25) is 5.91 Å². The molecular formula is C14H15F3N2OS. The first-order valence-electron chi connectivity index (χ1n) is 7.04. The average Bonchev–Trinajstić information content (AvgIpc) is 3.27. The zero-order valence-corrected chi connectivity index (χ0v) is 12.3. The molecule has 1 aromatic heterocycles. The summed E-state index contributed by atoms with van der Waals surface area (Å²) in [5, 5.41) is 3.18. The Kier molecular flexibility index (Phi) is 2.46. The van der Waals surface area contributed by atoms with Crippen LogP contribution in [0.4, 0.5) is 13.2 Å². The minimum Gasteiger partial charge on any atom is -0.306 e. The van der Waals surface area contributed by atoms with Crippen LogP contribution in [0, 0.1) is 6.92 Å². The van der Waals surface area contributed by atoms with Gasteiger partial charge in [0.1, 0.15) is 17.2 Å². The second-order valence-electron chi connectivity index (χ2n) is 6.28. The van der Waals surface area contributed by atoms with Gasteiger partial charge in [0.05, 0.1) is 0 Å². The molecule has 4 rings (SSSR count). The maximum absolute atomic E-state index is 13.5. The number of nitrogens with zero attached hydrogens (tertiary/aromatic N) is 1. The highest BCUT2D eigenvalue weighted by molar-refractivity contribution is 7.12. The summed E-state index contributed by atoms with van der Waals surface area (Å²) < 4.78 is 40.4. The summed E-state index contributed by atoms with van der Waals surface area (Å²) in [6.45, 7) is 1.92. The van der Waals surface area contributed by atoms with E-state index in [-0.39, 0.29) is 18.7 Å². The molecule has 1 aromatic rings. The summed E-state index contributed by atoms with van der Waals surface area (Å²) in [5.41, 5.74) is -2.69. The highest BCUT2D eigenvalue weighted by Gasteiger charge is 2.74. The van der Waals surface area contributed by atoms with E-state index in [2.05, 4.69) is 5.32 Å². The third-order valence-electron chi connectivity index (χ3n) is 4.79. The summed E-state index contributed by atoms with van der Waals surface area (Å²) in [5.74, 6) is -0.367. The Balaban J connectivity index is 1.77. The maximum Gasteiger partial charge on any atom is 0.411 e. The van der Waals surface area contributed by atoms with Gasteiger partial charge in [-0.3, -0.25) is 10.1 Å². The lowest BCUT2D eigenvalue weighted by Gasteiger charge is -2.34. The van der Waals surface area contributed by atoms with Gasteiger partial charge in [0.25, 0.3) is 0 Å². The number of hydrogen-bond acceptors (Lipinski definition) is 3. The summed E-state index contributed by atoms with van der Waals surface area (Å²) in [7, 11) is 0. The number of halogens is 3. The van der Waals surface area contributed by atoms with Crippen molar-refractivity contribution in [3.63, 3.8) is 0 Å². The number of carbonyl (C=O) groups excluding carboxylic acids is 1. The van der Waals surface area contributed by atoms with Gasteiger partial charge in [-0.1, -0.05) is 0 Å². The van der Waals surface area contributed by atoms with Crippen molar-refractivity contribution in [1.82, 2.24) is 10.2 Å². The molecule has 1 saturated heterocycles. The molecule has 3 aliphatic rings. The van der Waals surface area contributed by atoms with E-state index in [0.29, 0.717) is 12.8 Å². The van der Waals surface area contributed by atoms with Gasteiger partial charge in [-0.05, 0) is 44.7 Å². The van der Waals surface area contributed by atoms with E-state index < -0.39 is 23.4 Å². The normalized spacial score (nSPS) is 29.2. The molecule has 114 valence electrons. The first-order chi connectivity index (χ1) is 9.79. The number of amides is 1. The summed E-state index contributed by atoms with van der Waals surface area (Å²) in [6.07, 6.45) is -3.70. The number of thiophene rings is 1. The molecular weight excluding hydrogens is 301 g/mol. The minimum atomic E-state index is -4.37. The van der Waals surface area contributed by atoms with E-state index in [9.17, 15) is 18.0 Å². The van der Waals surface area contributed by atoms with Crippen LogP contribution in [0.3, 0.4) is 0 Å². The van der Waals surface area contributed by atoms with Gasteiger partial charge in [0.15, 0.2) is 0 Å². The molecule has 0 aromatic carbocycles. The van der Waals surface area contributed by atoms with Crippen LogP contribution in [0.15, 0.2) is 12.1 Å². The van der Waals surface area contributed by atoms with Crippen LogP contribution >= 0.6 is 11.3 Å². The van der Waals surface area contributed by atoms with Gasteiger partial charge in [-0.25, -0.2) is 0 Å². The van der Waals surface area contributed by atoms with E-state index in [1.807, 2.05) is 19.1 Å². The van der Waals surface area contributed by atoms with Crippen LogP contribution in [0.5, 0.6) is 0 Å². The van der Waals surface area contributed by atoms with Crippen LogP contribution in [0.25, 0.3) is 0 Å². The fourth-order valence-corrected chi connectivity index (χ4v) is 4.16. The number of nitrogens with one attached hydrogen (secondary N) is 1. The van der Waals surface area contributed by atoms with E-state index in [1.165, 1.54) is 11.3 Å². The van der Waals surface area contributed by atoms with Crippen LogP contribution < -0.4 is 5.32 Å². The van der Waals surface area contributed by atoms with Crippen molar-refractivity contribution in [3.05, 3.63) is 21.9 Å². The van der Waals surface area contributed by atoms with E-state index in [1.54, 1.807) is 0 Å². The Hall–Kier alpha value is -1.08. The first kappa shape index (κ1) is 13.6. The lowest BCUT2D eigenvalue weighted by Crippen LogP contribution is -2.51. The molecule has 2 heterocycles. The zero-order valence-electron chi connectivity index (χ0n) is 11.5. The molecule has 3 fully saturated rings. The number of carbonyl (C=O) groups is 1. The molecule has 1 atom stereocenters. The second-order valence-corrected chi connectivity index (χ2v) is 7.60. The number of aryl methyl sites for hydroxylation is 1. The molecule has 7 heteroatoms. The van der Waals surface area contributed by atoms with Crippen LogP contribution in [0.1, 0.15) is 41.6 Å². The highest BCUT2D eigenvalue weighted by Crippen LogP contribution is 2.60. The molecule has 2 aliphatic carbocycles. The third kappa shape index (κ3) is 1.73. The highest BCUT2D eigenvalue weighted by atomic mass is 32.1. The van der Waals surface area contributed by atoms with Gasteiger partial charge < -0.3 is 4.90 Å². The Labute approximate surface area is 124 Å². The lowest BCUT2D eigenvalue weighted by molar-refractivity contribution is -0.202. The van der Waals surface area contributed by atoms with Crippen LogP contribution in [0.2, 0.25) is 0 Å². The largest absolute Gasteiger partial charge is 0.411 e. The van der Waals surface area contributed by atoms with Crippen LogP contribution in [-0.2, 0) is 4.79 Å². The van der Waals surface area contributed by atoms with Crippen molar-refractivity contribution in [2.75, 3.05) is 0 Å². The molecule has 0 radical (unpaired) electrons. The topological polar surface area (TPSA) is 32.3 Å². The molecule has 3 nitrogen and oxygen atoms in total. The minimum absolute atomic E-state index is 0.0147. The summed E-state index contributed by atoms with van der Waals surface area (Å²) >= 11 is 1.45. The second kappa shape index (κ2) is 3.81. The SMILES string of the molecule is Cc1ccc(C2NC3(CC3)C(=O)N2C2(C(F)(F)F)CC2)s1. The Bertz CT molecular complexity index is 616. The number of alkyl halides is 3. The van der Waals surface area contributed by atoms with E-state index in [4.69, 9.17) is 0 Å². The Morgan fingerprint density at radius 3 is 2.38 bits per heavy atom. The van der Waals surface area contributed by atoms with Gasteiger partial charge in [-0.15, -0.1) is 11.3 Å². The lowest BCUT2D eigenvalue weighted by atomic mass is 10.1. The predicted molar refractivity (Wildman–Crippen MR) is 71.8 cm³/mol. The zero-order chi connectivity index (χ0) is 15.0. The van der Waals surface area contributed by atoms with Crippen molar-refractivity contribution in [2.45, 2.75) is 56.0 Å². The maximum atomic E-state index is 13.5. The average molecular weight is 316 g/mol. The molecule has 1 amide bonds. The Morgan fingerprint density at radius 1 is 1.29 bits per heavy atom. The molecule has 1 spiro atoms. The van der Waals surface area contributed by atoms with Gasteiger partial charge in [-0.2, -0.15) is 13.2 Å². The Morgan fingerprint density at radius 2 is 1.95 bits per heavy atom. The van der Waals surface area contributed by atoms with Crippen molar-refractivity contribution in [1.29, 1.82) is 0 Å². The molecule has 1 N–H and O–H groups in total. The molecule has 21 heavy (non-hydrogen) atoms. The fraction of sp³-hybridized carbons (Fsp3) is 0.643. The van der Waals surface area contributed by atoms with E-state index in [0.717, 1.165) is 14.7 Å². The summed E-state index contributed by atoms with van der Waals surface area (Å²) in [6, 6.07) is 3.71. The van der Waals surface area contributed by atoms with Crippen molar-refractivity contribution >= 4 is 17.2 Å². The standard InChI is InChI=1S/C14H15F3N2OS/c1-8-2-3-9(21-8)10-18-12(4-5-12)11(20)19(10)13(6-7-13)14(15,16)17/h2-3,10,18H,4-7H2,1H3. The van der Waals surface area contributed by atoms with Crippen molar-refractivity contribution in [3.8, 4) is 0 Å². The molecule has 0 bridgehead atoms. The summed E-state index contributed by atoms with van der Waals surface area (Å²) in [4.78, 5) is 15.5. The number of rotatable bonds is 2. The third-order valence-corrected chi connectivity index (χ3v) is 5.85. The molecule has 1 aliphatic heterocycles. The first-order valence-corrected chi connectivity index (χ1v) is 7.85. The van der Waals surface area contributed by atoms with Crippen LogP contribution in [-0.4, -0.2) is 28.1 Å². The van der Waals surface area contributed by atoms with E-state index >= 15 is 0 Å². The fourth-order valence-electron chi connectivity index (χ4n) is 3.24. The smallest absolute Gasteiger partial charge is 0.306 e. The predicted octanol–water partition coefficient (Wildman–Crippen LogP) is 3.11. The molecule has 1 unspecified atom stereocenters.